The van der Waals surface area contributed by atoms with Crippen LogP contribution in [0.25, 0.3) is 0 Å². The predicted molar refractivity (Wildman–Crippen MR) is 67.6 cm³/mol. The number of aliphatic carboxylic acids is 1. The molecule has 0 radical (unpaired) electrons. The molecule has 0 bridgehead atoms. The number of carbonyl (C=O) groups is 1. The first-order chi connectivity index (χ1) is 9.26. The zero-order valence-corrected chi connectivity index (χ0v) is 11.6. The van der Waals surface area contributed by atoms with Gasteiger partial charge in [-0.25, -0.2) is 21.9 Å². The van der Waals surface area contributed by atoms with E-state index in [2.05, 4.69) is 4.72 Å². The highest BCUT2D eigenvalue weighted by Gasteiger charge is 2.21. The lowest BCUT2D eigenvalue weighted by Gasteiger charge is -2.14. The highest BCUT2D eigenvalue weighted by atomic mass is 32.2. The molecule has 20 heavy (non-hydrogen) atoms. The second-order valence-corrected chi connectivity index (χ2v) is 6.03. The summed E-state index contributed by atoms with van der Waals surface area (Å²) in [5.74, 6) is -3.40. The second kappa shape index (κ2) is 6.76. The molecule has 1 aromatic rings. The highest BCUT2D eigenvalue weighted by molar-refractivity contribution is 7.89. The molecule has 0 aliphatic rings. The quantitative estimate of drug-likeness (QED) is 0.804. The van der Waals surface area contributed by atoms with Crippen molar-refractivity contribution in [2.75, 3.05) is 6.54 Å². The smallest absolute Gasteiger partial charge is 0.303 e. The minimum absolute atomic E-state index is 0.152. The van der Waals surface area contributed by atoms with Crippen molar-refractivity contribution in [3.63, 3.8) is 0 Å². The number of halogens is 2. The minimum Gasteiger partial charge on any atom is -0.481 e. The normalized spacial score (nSPS) is 13.2. The van der Waals surface area contributed by atoms with Crippen LogP contribution in [-0.4, -0.2) is 26.0 Å². The molecule has 0 amide bonds. The van der Waals surface area contributed by atoms with Crippen LogP contribution >= 0.6 is 0 Å². The van der Waals surface area contributed by atoms with Crippen LogP contribution in [0, 0.1) is 17.6 Å². The molecule has 0 fully saturated rings. The van der Waals surface area contributed by atoms with Gasteiger partial charge in [-0.1, -0.05) is 13.3 Å². The molecule has 1 aromatic carbocycles. The van der Waals surface area contributed by atoms with Crippen LogP contribution in [0.4, 0.5) is 8.78 Å². The number of hydrogen-bond acceptors (Lipinski definition) is 3. The summed E-state index contributed by atoms with van der Waals surface area (Å²) in [6.45, 7) is 1.56. The molecule has 0 spiro atoms. The van der Waals surface area contributed by atoms with Crippen molar-refractivity contribution in [2.45, 2.75) is 24.7 Å². The average molecular weight is 307 g/mol. The molecule has 0 heterocycles. The van der Waals surface area contributed by atoms with Crippen molar-refractivity contribution in [3.05, 3.63) is 29.8 Å². The Balaban J connectivity index is 2.84. The maximum Gasteiger partial charge on any atom is 0.303 e. The molecule has 1 atom stereocenters. The van der Waals surface area contributed by atoms with E-state index >= 15 is 0 Å². The molecule has 0 aliphatic heterocycles. The third-order valence-electron chi connectivity index (χ3n) is 2.79. The minimum atomic E-state index is -4.21. The number of nitrogens with one attached hydrogen (secondary N) is 1. The average Bonchev–Trinajstić information content (AvgIpc) is 2.36. The fraction of sp³-hybridized carbons (Fsp3) is 0.417. The molecular formula is C12H15F2NO4S. The topological polar surface area (TPSA) is 83.5 Å². The predicted octanol–water partition coefficient (Wildman–Crippen LogP) is 1.74. The Morgan fingerprint density at radius 2 is 2.05 bits per heavy atom. The van der Waals surface area contributed by atoms with E-state index in [4.69, 9.17) is 5.11 Å². The molecule has 1 rings (SSSR count). The summed E-state index contributed by atoms with van der Waals surface area (Å²) < 4.78 is 52.2. The van der Waals surface area contributed by atoms with Crippen LogP contribution in [0.15, 0.2) is 23.1 Å². The fourth-order valence-electron chi connectivity index (χ4n) is 1.60. The zero-order chi connectivity index (χ0) is 15.3. The monoisotopic (exact) mass is 307 g/mol. The lowest BCUT2D eigenvalue weighted by atomic mass is 10.0. The van der Waals surface area contributed by atoms with E-state index in [1.54, 1.807) is 6.92 Å². The Morgan fingerprint density at radius 1 is 1.40 bits per heavy atom. The number of sulfonamides is 1. The van der Waals surface area contributed by atoms with E-state index < -0.39 is 38.4 Å². The zero-order valence-electron chi connectivity index (χ0n) is 10.8. The standard InChI is InChI=1S/C12H15F2NO4S/c1-2-8(5-12(16)17)7-15-20(18,19)11-6-9(13)3-4-10(11)14/h3-4,6,8,15H,2,5,7H2,1H3,(H,16,17). The summed E-state index contributed by atoms with van der Waals surface area (Å²) >= 11 is 0. The molecule has 0 aromatic heterocycles. The molecule has 0 saturated carbocycles. The van der Waals surface area contributed by atoms with Gasteiger partial charge in [-0.15, -0.1) is 0 Å². The highest BCUT2D eigenvalue weighted by Crippen LogP contribution is 2.16. The Bertz CT molecular complexity index is 589. The summed E-state index contributed by atoms with van der Waals surface area (Å²) in [5, 5.41) is 8.66. The van der Waals surface area contributed by atoms with Crippen molar-refractivity contribution in [1.29, 1.82) is 0 Å². The van der Waals surface area contributed by atoms with Crippen molar-refractivity contribution in [2.24, 2.45) is 5.92 Å². The fourth-order valence-corrected chi connectivity index (χ4v) is 2.80. The first-order valence-corrected chi connectivity index (χ1v) is 7.41. The van der Waals surface area contributed by atoms with Gasteiger partial charge in [-0.2, -0.15) is 0 Å². The molecule has 1 unspecified atom stereocenters. The maximum atomic E-state index is 13.4. The Hall–Kier alpha value is -1.54. The lowest BCUT2D eigenvalue weighted by Crippen LogP contribution is -2.31. The Kier molecular flexibility index (Phi) is 5.58. The van der Waals surface area contributed by atoms with E-state index in [9.17, 15) is 22.0 Å². The first-order valence-electron chi connectivity index (χ1n) is 5.92. The van der Waals surface area contributed by atoms with Crippen molar-refractivity contribution in [3.8, 4) is 0 Å². The molecule has 0 aliphatic carbocycles. The van der Waals surface area contributed by atoms with Gasteiger partial charge in [-0.3, -0.25) is 4.79 Å². The number of benzene rings is 1. The van der Waals surface area contributed by atoms with Crippen LogP contribution in [0.5, 0.6) is 0 Å². The molecule has 112 valence electrons. The summed E-state index contributed by atoms with van der Waals surface area (Å²) in [7, 11) is -4.21. The Morgan fingerprint density at radius 3 is 2.60 bits per heavy atom. The molecule has 8 heteroatoms. The van der Waals surface area contributed by atoms with E-state index in [0.717, 1.165) is 12.1 Å². The number of carboxylic acids is 1. The lowest BCUT2D eigenvalue weighted by molar-refractivity contribution is -0.138. The van der Waals surface area contributed by atoms with Crippen LogP contribution in [0.3, 0.4) is 0 Å². The Labute approximate surface area is 115 Å². The molecule has 0 saturated heterocycles. The van der Waals surface area contributed by atoms with Crippen LogP contribution in [0.1, 0.15) is 19.8 Å². The van der Waals surface area contributed by atoms with E-state index in [1.165, 1.54) is 0 Å². The van der Waals surface area contributed by atoms with Crippen LogP contribution in [-0.2, 0) is 14.8 Å². The van der Waals surface area contributed by atoms with E-state index in [0.29, 0.717) is 12.5 Å². The van der Waals surface area contributed by atoms with Gasteiger partial charge in [0, 0.05) is 13.0 Å². The maximum absolute atomic E-state index is 13.4. The van der Waals surface area contributed by atoms with E-state index in [-0.39, 0.29) is 13.0 Å². The summed E-state index contributed by atoms with van der Waals surface area (Å²) in [5.41, 5.74) is 0. The van der Waals surface area contributed by atoms with Gasteiger partial charge >= 0.3 is 5.97 Å². The van der Waals surface area contributed by atoms with Gasteiger partial charge in [0.05, 0.1) is 0 Å². The summed E-state index contributed by atoms with van der Waals surface area (Å²) in [4.78, 5) is 9.79. The van der Waals surface area contributed by atoms with Crippen LogP contribution in [0.2, 0.25) is 0 Å². The van der Waals surface area contributed by atoms with Gasteiger partial charge < -0.3 is 5.11 Å². The first kappa shape index (κ1) is 16.5. The van der Waals surface area contributed by atoms with Gasteiger partial charge in [-0.05, 0) is 24.1 Å². The third-order valence-corrected chi connectivity index (χ3v) is 4.22. The summed E-state index contributed by atoms with van der Waals surface area (Å²) in [6.07, 6.45) is 0.241. The van der Waals surface area contributed by atoms with Crippen molar-refractivity contribution in [1.82, 2.24) is 4.72 Å². The molecule has 2 N–H and O–H groups in total. The second-order valence-electron chi connectivity index (χ2n) is 4.30. The van der Waals surface area contributed by atoms with Crippen molar-refractivity contribution >= 4 is 16.0 Å². The van der Waals surface area contributed by atoms with Crippen LogP contribution < -0.4 is 4.72 Å². The third kappa shape index (κ3) is 4.53. The van der Waals surface area contributed by atoms with Gasteiger partial charge in [0.15, 0.2) is 0 Å². The van der Waals surface area contributed by atoms with Gasteiger partial charge in [0.1, 0.15) is 16.5 Å². The van der Waals surface area contributed by atoms with E-state index in [1.807, 2.05) is 0 Å². The molecular weight excluding hydrogens is 292 g/mol. The SMILES string of the molecule is CCC(CNS(=O)(=O)c1cc(F)ccc1F)CC(=O)O. The number of carboxylic acid groups (broad SMARTS) is 1. The summed E-state index contributed by atoms with van der Waals surface area (Å²) in [6, 6.07) is 2.11. The van der Waals surface area contributed by atoms with Gasteiger partial charge in [0.25, 0.3) is 0 Å². The van der Waals surface area contributed by atoms with Gasteiger partial charge in [0.2, 0.25) is 10.0 Å². The number of rotatable bonds is 7. The largest absolute Gasteiger partial charge is 0.481 e. The van der Waals surface area contributed by atoms with Crippen molar-refractivity contribution < 1.29 is 27.1 Å². The number of hydrogen-bond donors (Lipinski definition) is 2. The molecule has 5 nitrogen and oxygen atoms in total.